The zero-order valence-corrected chi connectivity index (χ0v) is 13.6. The molecule has 2 heterocycles. The smallest absolute Gasteiger partial charge is 0.322 e. The third-order valence-electron chi connectivity index (χ3n) is 4.49. The molecule has 7 nitrogen and oxygen atoms in total. The molecular weight excluding hydrogens is 310 g/mol. The Balaban J connectivity index is 1.87. The number of hydrogen-bond acceptors (Lipinski definition) is 4. The highest BCUT2D eigenvalue weighted by molar-refractivity contribution is 6.09. The van der Waals surface area contributed by atoms with Crippen LogP contribution in [0.25, 0.3) is 0 Å². The van der Waals surface area contributed by atoms with Gasteiger partial charge in [0, 0.05) is 18.5 Å². The molecule has 0 spiro atoms. The maximum Gasteiger partial charge on any atom is 0.322 e. The molecule has 1 aromatic rings. The quantitative estimate of drug-likeness (QED) is 0.780. The predicted molar refractivity (Wildman–Crippen MR) is 85.3 cm³/mol. The number of benzene rings is 1. The van der Waals surface area contributed by atoms with Gasteiger partial charge in [-0.25, -0.2) is 4.79 Å². The second kappa shape index (κ2) is 5.74. The van der Waals surface area contributed by atoms with E-state index in [4.69, 9.17) is 0 Å². The lowest BCUT2D eigenvalue weighted by Gasteiger charge is -2.30. The van der Waals surface area contributed by atoms with Gasteiger partial charge in [-0.2, -0.15) is 0 Å². The van der Waals surface area contributed by atoms with Crippen LogP contribution in [0.15, 0.2) is 18.2 Å². The van der Waals surface area contributed by atoms with Crippen molar-refractivity contribution < 1.29 is 19.2 Å². The Kier molecular flexibility index (Phi) is 3.87. The third-order valence-corrected chi connectivity index (χ3v) is 4.49. The molecule has 1 atom stereocenters. The second-order valence-corrected chi connectivity index (χ2v) is 6.38. The van der Waals surface area contributed by atoms with E-state index >= 15 is 0 Å². The summed E-state index contributed by atoms with van der Waals surface area (Å²) < 4.78 is 0. The molecule has 3 rings (SSSR count). The Morgan fingerprint density at radius 2 is 2.04 bits per heavy atom. The van der Waals surface area contributed by atoms with Gasteiger partial charge in [0.2, 0.25) is 0 Å². The van der Waals surface area contributed by atoms with Crippen LogP contribution >= 0.6 is 0 Å². The maximum atomic E-state index is 12.7. The van der Waals surface area contributed by atoms with Crippen molar-refractivity contribution in [3.63, 3.8) is 0 Å². The highest BCUT2D eigenvalue weighted by Gasteiger charge is 2.49. The van der Waals surface area contributed by atoms with E-state index in [1.165, 1.54) is 11.8 Å². The summed E-state index contributed by atoms with van der Waals surface area (Å²) in [7, 11) is 0. The summed E-state index contributed by atoms with van der Waals surface area (Å²) in [6.07, 6.45) is 0.679. The Bertz CT molecular complexity index is 758. The number of rotatable bonds is 5. The summed E-state index contributed by atoms with van der Waals surface area (Å²) in [5.74, 6) is -0.984. The summed E-state index contributed by atoms with van der Waals surface area (Å²) in [6.45, 7) is 3.70. The van der Waals surface area contributed by atoms with E-state index in [1.54, 1.807) is 0 Å². The standard InChI is InChI=1S/C17H19N3O4/c1-3-11-4-5-12-8-20(14(22)13(12)6-11)9-17(7-10(2)21)15(23)18-16(24)19-17/h4-6H,3,7-9H2,1-2H3,(H2,18,19,23,24). The number of ketones is 1. The molecule has 24 heavy (non-hydrogen) atoms. The number of carbonyl (C=O) groups is 4. The molecule has 2 N–H and O–H groups in total. The first-order valence-electron chi connectivity index (χ1n) is 7.89. The number of nitrogens with zero attached hydrogens (tertiary/aromatic N) is 1. The monoisotopic (exact) mass is 329 g/mol. The van der Waals surface area contributed by atoms with Crippen molar-refractivity contribution in [1.29, 1.82) is 0 Å². The van der Waals surface area contributed by atoms with E-state index in [2.05, 4.69) is 10.6 Å². The first-order chi connectivity index (χ1) is 11.3. The predicted octanol–water partition coefficient (Wildman–Crippen LogP) is 0.762. The summed E-state index contributed by atoms with van der Waals surface area (Å²) >= 11 is 0. The van der Waals surface area contributed by atoms with E-state index in [0.717, 1.165) is 17.5 Å². The number of aryl methyl sites for hydroxylation is 1. The van der Waals surface area contributed by atoms with Crippen LogP contribution in [0.2, 0.25) is 0 Å². The second-order valence-electron chi connectivity index (χ2n) is 6.38. The SMILES string of the molecule is CCc1ccc2c(c1)C(=O)N(CC1(CC(C)=O)NC(=O)NC1=O)C2. The molecule has 4 amide bonds. The van der Waals surface area contributed by atoms with Crippen LogP contribution in [-0.2, 0) is 22.6 Å². The number of urea groups is 1. The van der Waals surface area contributed by atoms with E-state index < -0.39 is 17.5 Å². The van der Waals surface area contributed by atoms with Gasteiger partial charge in [0.1, 0.15) is 11.3 Å². The van der Waals surface area contributed by atoms with Crippen molar-refractivity contribution in [2.24, 2.45) is 0 Å². The van der Waals surface area contributed by atoms with Crippen molar-refractivity contribution in [1.82, 2.24) is 15.5 Å². The fourth-order valence-corrected chi connectivity index (χ4v) is 3.33. The van der Waals surface area contributed by atoms with Gasteiger partial charge in [0.15, 0.2) is 0 Å². The Labute approximate surface area is 139 Å². The van der Waals surface area contributed by atoms with Crippen molar-refractivity contribution in [2.75, 3.05) is 6.54 Å². The lowest BCUT2D eigenvalue weighted by Crippen LogP contribution is -2.56. The van der Waals surface area contributed by atoms with Gasteiger partial charge in [-0.3, -0.25) is 19.7 Å². The first-order valence-corrected chi connectivity index (χ1v) is 7.89. The molecule has 0 radical (unpaired) electrons. The molecule has 7 heteroatoms. The van der Waals surface area contributed by atoms with Crippen LogP contribution in [0, 0.1) is 0 Å². The minimum Gasteiger partial charge on any atom is -0.331 e. The average Bonchev–Trinajstić information content (AvgIpc) is 2.95. The van der Waals surface area contributed by atoms with Gasteiger partial charge in [-0.15, -0.1) is 0 Å². The van der Waals surface area contributed by atoms with Gasteiger partial charge in [-0.1, -0.05) is 19.1 Å². The molecular formula is C17H19N3O4. The summed E-state index contributed by atoms with van der Waals surface area (Å²) in [6, 6.07) is 5.11. The fourth-order valence-electron chi connectivity index (χ4n) is 3.33. The van der Waals surface area contributed by atoms with Crippen LogP contribution in [0.4, 0.5) is 4.79 Å². The summed E-state index contributed by atoms with van der Waals surface area (Å²) in [5, 5.41) is 4.69. The number of imide groups is 1. The van der Waals surface area contributed by atoms with Gasteiger partial charge < -0.3 is 10.2 Å². The highest BCUT2D eigenvalue weighted by Crippen LogP contribution is 2.27. The lowest BCUT2D eigenvalue weighted by molar-refractivity contribution is -0.129. The fraction of sp³-hybridized carbons (Fsp3) is 0.412. The van der Waals surface area contributed by atoms with Gasteiger partial charge in [-0.05, 0) is 30.5 Å². The molecule has 0 aromatic heterocycles. The van der Waals surface area contributed by atoms with Crippen molar-refractivity contribution in [3.05, 3.63) is 34.9 Å². The number of carbonyl (C=O) groups excluding carboxylic acids is 4. The third kappa shape index (κ3) is 2.66. The summed E-state index contributed by atoms with van der Waals surface area (Å²) in [4.78, 5) is 49.5. The van der Waals surface area contributed by atoms with E-state index in [1.807, 2.05) is 25.1 Å². The molecule has 0 aliphatic carbocycles. The molecule has 1 fully saturated rings. The topological polar surface area (TPSA) is 95.6 Å². The lowest BCUT2D eigenvalue weighted by atomic mass is 9.92. The number of Topliss-reactive ketones (excluding diaryl/α,β-unsaturated/α-hetero) is 1. The summed E-state index contributed by atoms with van der Waals surface area (Å²) in [5.41, 5.74) is 1.18. The van der Waals surface area contributed by atoms with Gasteiger partial charge in [0.25, 0.3) is 11.8 Å². The molecule has 0 bridgehead atoms. The zero-order valence-electron chi connectivity index (χ0n) is 13.6. The number of hydrogen-bond donors (Lipinski definition) is 2. The minimum absolute atomic E-state index is 0.0286. The minimum atomic E-state index is -1.39. The molecule has 1 aromatic carbocycles. The molecule has 126 valence electrons. The zero-order chi connectivity index (χ0) is 17.5. The highest BCUT2D eigenvalue weighted by atomic mass is 16.2. The Morgan fingerprint density at radius 1 is 1.29 bits per heavy atom. The van der Waals surface area contributed by atoms with E-state index in [0.29, 0.717) is 12.1 Å². The normalized spacial score (nSPS) is 22.4. The van der Waals surface area contributed by atoms with Crippen LogP contribution in [-0.4, -0.2) is 40.6 Å². The molecule has 1 unspecified atom stereocenters. The number of amides is 4. The van der Waals surface area contributed by atoms with Gasteiger partial charge >= 0.3 is 6.03 Å². The first kappa shape index (κ1) is 16.2. The van der Waals surface area contributed by atoms with Gasteiger partial charge in [0.05, 0.1) is 6.54 Å². The van der Waals surface area contributed by atoms with Crippen LogP contribution < -0.4 is 10.6 Å². The average molecular weight is 329 g/mol. The van der Waals surface area contributed by atoms with Crippen molar-refractivity contribution >= 4 is 23.6 Å². The van der Waals surface area contributed by atoms with Crippen LogP contribution in [0.1, 0.15) is 41.8 Å². The number of nitrogens with one attached hydrogen (secondary N) is 2. The maximum absolute atomic E-state index is 12.7. The van der Waals surface area contributed by atoms with E-state index in [-0.39, 0.29) is 24.7 Å². The largest absolute Gasteiger partial charge is 0.331 e. The number of fused-ring (bicyclic) bond motifs is 1. The molecule has 2 aliphatic heterocycles. The Morgan fingerprint density at radius 3 is 2.62 bits per heavy atom. The Hall–Kier alpha value is -2.70. The van der Waals surface area contributed by atoms with E-state index in [9.17, 15) is 19.2 Å². The van der Waals surface area contributed by atoms with Crippen LogP contribution in [0.5, 0.6) is 0 Å². The van der Waals surface area contributed by atoms with Crippen molar-refractivity contribution in [3.8, 4) is 0 Å². The molecule has 0 saturated carbocycles. The molecule has 2 aliphatic rings. The molecule has 1 saturated heterocycles. The van der Waals surface area contributed by atoms with Crippen LogP contribution in [0.3, 0.4) is 0 Å². The van der Waals surface area contributed by atoms with Crippen molar-refractivity contribution in [2.45, 2.75) is 38.8 Å².